The first-order valence-electron chi connectivity index (χ1n) is 4.23. The molecule has 66 valence electrons. The average Bonchev–Trinajstić information content (AvgIpc) is 2.04. The van der Waals surface area contributed by atoms with Gasteiger partial charge >= 0.3 is 0 Å². The van der Waals surface area contributed by atoms with E-state index in [2.05, 4.69) is 25.8 Å². The van der Waals surface area contributed by atoms with Crippen LogP contribution in [0.3, 0.4) is 0 Å². The van der Waals surface area contributed by atoms with Gasteiger partial charge in [-0.25, -0.2) is 0 Å². The summed E-state index contributed by atoms with van der Waals surface area (Å²) in [6, 6.07) is 3.75. The lowest BCUT2D eigenvalue weighted by Gasteiger charge is -2.15. The molecule has 1 rings (SSSR count). The molecule has 12 heavy (non-hydrogen) atoms. The topological polar surface area (TPSA) is 12.9 Å². The van der Waals surface area contributed by atoms with Crippen molar-refractivity contribution in [2.24, 2.45) is 5.92 Å². The second-order valence-electron chi connectivity index (χ2n) is 3.40. The molecule has 0 saturated carbocycles. The average molecular weight is 184 g/mol. The maximum Gasteiger partial charge on any atom is 0.0624 e. The van der Waals surface area contributed by atoms with E-state index in [1.807, 2.05) is 12.1 Å². The van der Waals surface area contributed by atoms with Gasteiger partial charge in [0.25, 0.3) is 0 Å². The van der Waals surface area contributed by atoms with E-state index in [0.29, 0.717) is 11.8 Å². The van der Waals surface area contributed by atoms with Crippen molar-refractivity contribution in [3.8, 4) is 0 Å². The van der Waals surface area contributed by atoms with Gasteiger partial charge in [-0.2, -0.15) is 0 Å². The number of hydrogen-bond acceptors (Lipinski definition) is 1. The molecule has 0 aromatic carbocycles. The van der Waals surface area contributed by atoms with Crippen LogP contribution in [-0.2, 0) is 0 Å². The summed E-state index contributed by atoms with van der Waals surface area (Å²) in [6.07, 6.45) is 1.79. The number of pyridine rings is 1. The zero-order valence-electron chi connectivity index (χ0n) is 7.71. The first-order chi connectivity index (χ1) is 5.63. The quantitative estimate of drug-likeness (QED) is 0.684. The summed E-state index contributed by atoms with van der Waals surface area (Å²) in [6.45, 7) is 6.50. The fraction of sp³-hybridized carbons (Fsp3) is 0.500. The molecule has 0 aliphatic heterocycles. The van der Waals surface area contributed by atoms with Crippen molar-refractivity contribution >= 4 is 11.6 Å². The number of hydrogen-bond donors (Lipinski definition) is 0. The van der Waals surface area contributed by atoms with Crippen molar-refractivity contribution in [3.05, 3.63) is 29.0 Å². The number of nitrogens with zero attached hydrogens (tertiary/aromatic N) is 1. The minimum Gasteiger partial charge on any atom is -0.259 e. The Bertz CT molecular complexity index is 258. The molecule has 0 spiro atoms. The van der Waals surface area contributed by atoms with E-state index >= 15 is 0 Å². The molecule has 0 amide bonds. The molecule has 0 N–H and O–H groups in total. The van der Waals surface area contributed by atoms with E-state index in [1.54, 1.807) is 6.20 Å². The molecule has 0 aliphatic rings. The Morgan fingerprint density at radius 3 is 2.50 bits per heavy atom. The molecule has 1 aromatic rings. The zero-order valence-corrected chi connectivity index (χ0v) is 8.47. The first-order valence-corrected chi connectivity index (χ1v) is 4.61. The summed E-state index contributed by atoms with van der Waals surface area (Å²) in [5.74, 6) is 1.01. The summed E-state index contributed by atoms with van der Waals surface area (Å²) >= 11 is 6.00. The van der Waals surface area contributed by atoms with Crippen LogP contribution < -0.4 is 0 Å². The maximum absolute atomic E-state index is 6.00. The minimum atomic E-state index is 0.429. The van der Waals surface area contributed by atoms with Crippen LogP contribution in [0.2, 0.25) is 5.02 Å². The molecule has 2 heteroatoms. The molecular weight excluding hydrogens is 170 g/mol. The smallest absolute Gasteiger partial charge is 0.0624 e. The Morgan fingerprint density at radius 2 is 2.00 bits per heavy atom. The molecule has 1 nitrogen and oxygen atoms in total. The Kier molecular flexibility index (Phi) is 3.10. The summed E-state index contributed by atoms with van der Waals surface area (Å²) in [7, 11) is 0. The third-order valence-corrected chi connectivity index (χ3v) is 2.54. The van der Waals surface area contributed by atoms with Crippen LogP contribution in [0.5, 0.6) is 0 Å². The van der Waals surface area contributed by atoms with Crippen LogP contribution >= 0.6 is 11.6 Å². The SMILES string of the molecule is CC(C)C(C)c1ncccc1Cl. The molecule has 0 fully saturated rings. The highest BCUT2D eigenvalue weighted by Gasteiger charge is 2.13. The molecular formula is C10H14ClN. The number of halogens is 1. The van der Waals surface area contributed by atoms with Crippen LogP contribution in [0, 0.1) is 5.92 Å². The Balaban J connectivity index is 2.94. The predicted octanol–water partition coefficient (Wildman–Crippen LogP) is 3.49. The van der Waals surface area contributed by atoms with Crippen LogP contribution in [0.4, 0.5) is 0 Å². The summed E-state index contributed by atoms with van der Waals surface area (Å²) in [4.78, 5) is 4.27. The fourth-order valence-electron chi connectivity index (χ4n) is 1.05. The first kappa shape index (κ1) is 9.53. The van der Waals surface area contributed by atoms with Gasteiger partial charge < -0.3 is 0 Å². The van der Waals surface area contributed by atoms with Crippen LogP contribution in [-0.4, -0.2) is 4.98 Å². The lowest BCUT2D eigenvalue weighted by molar-refractivity contribution is 0.524. The van der Waals surface area contributed by atoms with Crippen molar-refractivity contribution in [1.29, 1.82) is 0 Å². The molecule has 1 aromatic heterocycles. The summed E-state index contributed by atoms with van der Waals surface area (Å²) in [5.41, 5.74) is 1.01. The Hall–Kier alpha value is -0.560. The van der Waals surface area contributed by atoms with Gasteiger partial charge in [0.2, 0.25) is 0 Å². The normalized spacial score (nSPS) is 13.4. The van der Waals surface area contributed by atoms with E-state index in [-0.39, 0.29) is 0 Å². The van der Waals surface area contributed by atoms with Crippen molar-refractivity contribution in [2.75, 3.05) is 0 Å². The van der Waals surface area contributed by atoms with Gasteiger partial charge in [-0.3, -0.25) is 4.98 Å². The maximum atomic E-state index is 6.00. The van der Waals surface area contributed by atoms with Gasteiger partial charge in [0, 0.05) is 12.1 Å². The lowest BCUT2D eigenvalue weighted by Crippen LogP contribution is -2.04. The summed E-state index contributed by atoms with van der Waals surface area (Å²) < 4.78 is 0. The second-order valence-corrected chi connectivity index (χ2v) is 3.81. The van der Waals surface area contributed by atoms with Crippen molar-refractivity contribution in [2.45, 2.75) is 26.7 Å². The van der Waals surface area contributed by atoms with Crippen LogP contribution in [0.25, 0.3) is 0 Å². The highest BCUT2D eigenvalue weighted by Crippen LogP contribution is 2.27. The van der Waals surface area contributed by atoms with Gasteiger partial charge in [0.05, 0.1) is 10.7 Å². The van der Waals surface area contributed by atoms with Crippen molar-refractivity contribution in [1.82, 2.24) is 4.98 Å². The largest absolute Gasteiger partial charge is 0.259 e. The molecule has 1 atom stereocenters. The number of rotatable bonds is 2. The van der Waals surface area contributed by atoms with E-state index in [4.69, 9.17) is 11.6 Å². The van der Waals surface area contributed by atoms with Gasteiger partial charge in [-0.15, -0.1) is 0 Å². The zero-order chi connectivity index (χ0) is 9.14. The molecule has 0 saturated heterocycles. The summed E-state index contributed by atoms with van der Waals surface area (Å²) in [5, 5.41) is 0.777. The predicted molar refractivity (Wildman–Crippen MR) is 52.5 cm³/mol. The molecule has 1 heterocycles. The number of aromatic nitrogens is 1. The van der Waals surface area contributed by atoms with Gasteiger partial charge in [-0.05, 0) is 18.1 Å². The van der Waals surface area contributed by atoms with E-state index in [0.717, 1.165) is 10.7 Å². The van der Waals surface area contributed by atoms with Gasteiger partial charge in [-0.1, -0.05) is 32.4 Å². The Morgan fingerprint density at radius 1 is 1.33 bits per heavy atom. The third kappa shape index (κ3) is 1.98. The standard InChI is InChI=1S/C10H14ClN/c1-7(2)8(3)10-9(11)5-4-6-12-10/h4-8H,1-3H3. The molecule has 0 bridgehead atoms. The molecule has 0 aliphatic carbocycles. The molecule has 1 unspecified atom stereocenters. The van der Waals surface area contributed by atoms with E-state index in [1.165, 1.54) is 0 Å². The monoisotopic (exact) mass is 183 g/mol. The third-order valence-electron chi connectivity index (χ3n) is 2.22. The highest BCUT2D eigenvalue weighted by molar-refractivity contribution is 6.31. The lowest BCUT2D eigenvalue weighted by atomic mass is 9.94. The van der Waals surface area contributed by atoms with Crippen molar-refractivity contribution in [3.63, 3.8) is 0 Å². The fourth-order valence-corrected chi connectivity index (χ4v) is 1.34. The van der Waals surface area contributed by atoms with E-state index in [9.17, 15) is 0 Å². The van der Waals surface area contributed by atoms with Crippen LogP contribution in [0.15, 0.2) is 18.3 Å². The van der Waals surface area contributed by atoms with Crippen molar-refractivity contribution < 1.29 is 0 Å². The Labute approximate surface area is 78.8 Å². The minimum absolute atomic E-state index is 0.429. The van der Waals surface area contributed by atoms with Crippen LogP contribution in [0.1, 0.15) is 32.4 Å². The highest BCUT2D eigenvalue weighted by atomic mass is 35.5. The van der Waals surface area contributed by atoms with E-state index < -0.39 is 0 Å². The second kappa shape index (κ2) is 3.90. The van der Waals surface area contributed by atoms with Gasteiger partial charge in [0.1, 0.15) is 0 Å². The molecule has 0 radical (unpaired) electrons. The van der Waals surface area contributed by atoms with Gasteiger partial charge in [0.15, 0.2) is 0 Å².